The fourth-order valence-electron chi connectivity index (χ4n) is 4.94. The number of pyridine rings is 1. The number of aliphatic hydroxyl groups excluding tert-OH is 1. The third-order valence-corrected chi connectivity index (χ3v) is 7.66. The molecule has 1 amide bonds. The van der Waals surface area contributed by atoms with Crippen LogP contribution < -0.4 is 20.9 Å². The zero-order valence-electron chi connectivity index (χ0n) is 23.5. The van der Waals surface area contributed by atoms with E-state index < -0.39 is 17.6 Å². The molecule has 12 heteroatoms. The van der Waals surface area contributed by atoms with Crippen LogP contribution in [0, 0.1) is 11.3 Å². The average molecular weight is 601 g/mol. The molecule has 0 bridgehead atoms. The Balaban J connectivity index is 1.44. The van der Waals surface area contributed by atoms with Gasteiger partial charge in [-0.1, -0.05) is 48.0 Å². The van der Waals surface area contributed by atoms with Gasteiger partial charge in [0, 0.05) is 54.7 Å². The van der Waals surface area contributed by atoms with Gasteiger partial charge in [-0.25, -0.2) is 9.67 Å². The van der Waals surface area contributed by atoms with E-state index in [0.717, 1.165) is 10.2 Å². The van der Waals surface area contributed by atoms with Crippen LogP contribution in [0.1, 0.15) is 27.9 Å². The predicted molar refractivity (Wildman–Crippen MR) is 161 cm³/mol. The molecule has 11 nitrogen and oxygen atoms in total. The maximum Gasteiger partial charge on any atom is 0.279 e. The predicted octanol–water partition coefficient (Wildman–Crippen LogP) is 3.53. The Morgan fingerprint density at radius 3 is 2.72 bits per heavy atom. The molecule has 43 heavy (non-hydrogen) atoms. The Kier molecular flexibility index (Phi) is 9.13. The molecule has 3 N–H and O–H groups in total. The number of carbonyl (C=O) groups is 1. The number of rotatable bonds is 8. The first kappa shape index (κ1) is 29.9. The van der Waals surface area contributed by atoms with E-state index in [-0.39, 0.29) is 22.9 Å². The number of hydrogen-bond donors (Lipinski definition) is 3. The minimum Gasteiger partial charge on any atom is -0.481 e. The molecule has 5 rings (SSSR count). The van der Waals surface area contributed by atoms with Crippen LogP contribution in [0.25, 0.3) is 22.4 Å². The molecule has 0 aliphatic carbocycles. The summed E-state index contributed by atoms with van der Waals surface area (Å²) in [5.41, 5.74) is 2.82. The highest BCUT2D eigenvalue weighted by Gasteiger charge is 2.24. The van der Waals surface area contributed by atoms with Crippen LogP contribution in [-0.4, -0.2) is 58.2 Å². The molecule has 1 unspecified atom stereocenters. The van der Waals surface area contributed by atoms with Crippen LogP contribution in [0.15, 0.2) is 65.6 Å². The van der Waals surface area contributed by atoms with Crippen LogP contribution in [-0.2, 0) is 18.3 Å². The van der Waals surface area contributed by atoms with Gasteiger partial charge in [0.2, 0.25) is 5.88 Å². The number of aryl methyl sites for hydroxylation is 1. The van der Waals surface area contributed by atoms with Gasteiger partial charge in [0.05, 0.1) is 41.8 Å². The highest BCUT2D eigenvalue weighted by atomic mass is 35.5. The van der Waals surface area contributed by atoms with E-state index in [9.17, 15) is 20.0 Å². The van der Waals surface area contributed by atoms with Gasteiger partial charge >= 0.3 is 0 Å². The molecule has 1 aliphatic heterocycles. The standard InChI is InChI=1S/C31H29ClN6O5/c1-38-31(41)22(11-13-35-38)29(40)36-24-8-4-5-19(23(24)15-33)20-6-3-7-21(28(20)32)25-10-9-18(30(37-25)42-2)16-34-26-12-14-43-17-27(26)39/h3-11,13,26-27,34,39H,12,14,16-17H2,1-2H3,(H,36,40)/t26?,27-/m0/s1. The van der Waals surface area contributed by atoms with E-state index in [1.54, 1.807) is 30.3 Å². The second kappa shape index (κ2) is 13.1. The van der Waals surface area contributed by atoms with Crippen LogP contribution in [0.5, 0.6) is 5.88 Å². The molecule has 0 radical (unpaired) electrons. The van der Waals surface area contributed by atoms with Crippen molar-refractivity contribution < 1.29 is 19.4 Å². The summed E-state index contributed by atoms with van der Waals surface area (Å²) in [7, 11) is 2.99. The molecule has 2 atom stereocenters. The number of methoxy groups -OCH3 is 1. The minimum atomic E-state index is -0.659. The van der Waals surface area contributed by atoms with Crippen molar-refractivity contribution in [2.75, 3.05) is 25.6 Å². The quantitative estimate of drug-likeness (QED) is 0.276. The Labute approximate surface area is 252 Å². The van der Waals surface area contributed by atoms with Crippen molar-refractivity contribution in [3.8, 4) is 34.3 Å². The lowest BCUT2D eigenvalue weighted by molar-refractivity contribution is -0.0281. The van der Waals surface area contributed by atoms with Crippen LogP contribution in [0.4, 0.5) is 5.69 Å². The number of hydrogen-bond acceptors (Lipinski definition) is 9. The van der Waals surface area contributed by atoms with E-state index >= 15 is 0 Å². The van der Waals surface area contributed by atoms with E-state index in [1.165, 1.54) is 26.4 Å². The maximum atomic E-state index is 12.9. The highest BCUT2D eigenvalue weighted by molar-refractivity contribution is 6.36. The van der Waals surface area contributed by atoms with Crippen molar-refractivity contribution >= 4 is 23.2 Å². The number of benzene rings is 2. The Hall–Kier alpha value is -4.60. The van der Waals surface area contributed by atoms with E-state index in [0.29, 0.717) is 59.5 Å². The van der Waals surface area contributed by atoms with Crippen molar-refractivity contribution in [1.29, 1.82) is 5.26 Å². The first-order valence-electron chi connectivity index (χ1n) is 13.5. The molecular weight excluding hydrogens is 572 g/mol. The summed E-state index contributed by atoms with van der Waals surface area (Å²) < 4.78 is 11.9. The number of aliphatic hydroxyl groups is 1. The molecule has 0 saturated carbocycles. The van der Waals surface area contributed by atoms with Crippen LogP contribution in [0.3, 0.4) is 0 Å². The molecule has 2 aromatic heterocycles. The molecule has 2 aromatic carbocycles. The van der Waals surface area contributed by atoms with Crippen molar-refractivity contribution in [2.45, 2.75) is 25.1 Å². The molecule has 4 aromatic rings. The van der Waals surface area contributed by atoms with Gasteiger partial charge in [0.25, 0.3) is 11.5 Å². The van der Waals surface area contributed by atoms with Crippen LogP contribution >= 0.6 is 11.6 Å². The number of aromatic nitrogens is 3. The summed E-state index contributed by atoms with van der Waals surface area (Å²) in [5.74, 6) is -0.244. The molecule has 0 spiro atoms. The summed E-state index contributed by atoms with van der Waals surface area (Å²) >= 11 is 6.93. The zero-order chi connectivity index (χ0) is 30.5. The lowest BCUT2D eigenvalue weighted by Crippen LogP contribution is -2.46. The van der Waals surface area contributed by atoms with Gasteiger partial charge in [-0.3, -0.25) is 9.59 Å². The van der Waals surface area contributed by atoms with Gasteiger partial charge in [-0.15, -0.1) is 0 Å². The normalized spacial score (nSPS) is 16.3. The van der Waals surface area contributed by atoms with Crippen LogP contribution in [0.2, 0.25) is 5.02 Å². The van der Waals surface area contributed by atoms with Crippen molar-refractivity contribution in [2.24, 2.45) is 7.05 Å². The topological polar surface area (TPSA) is 151 Å². The first-order valence-corrected chi connectivity index (χ1v) is 13.9. The van der Waals surface area contributed by atoms with Crippen molar-refractivity contribution in [3.05, 3.63) is 92.9 Å². The number of amides is 1. The smallest absolute Gasteiger partial charge is 0.279 e. The third kappa shape index (κ3) is 6.28. The number of ether oxygens (including phenoxy) is 2. The zero-order valence-corrected chi connectivity index (χ0v) is 24.3. The summed E-state index contributed by atoms with van der Waals surface area (Å²) in [6, 6.07) is 17.5. The molecule has 1 fully saturated rings. The fraction of sp³-hybridized carbons (Fsp3) is 0.258. The van der Waals surface area contributed by atoms with Gasteiger partial charge in [-0.05, 0) is 24.6 Å². The summed E-state index contributed by atoms with van der Waals surface area (Å²) in [5, 5.41) is 30.5. The number of nitrogens with zero attached hydrogens (tertiary/aromatic N) is 4. The number of halogens is 1. The SMILES string of the molecule is COc1nc(-c2cccc(-c3cccc(NC(=O)c4ccnn(C)c4=O)c3C#N)c2Cl)ccc1CNC1CCOC[C@@H]1O. The van der Waals surface area contributed by atoms with E-state index in [4.69, 9.17) is 26.1 Å². The van der Waals surface area contributed by atoms with E-state index in [2.05, 4.69) is 21.8 Å². The van der Waals surface area contributed by atoms with Gasteiger partial charge < -0.3 is 25.2 Å². The second-order valence-corrected chi connectivity index (χ2v) is 10.3. The largest absolute Gasteiger partial charge is 0.481 e. The average Bonchev–Trinajstić information content (AvgIpc) is 3.02. The maximum absolute atomic E-state index is 12.9. The Morgan fingerprint density at radius 1 is 1.19 bits per heavy atom. The Morgan fingerprint density at radius 2 is 1.95 bits per heavy atom. The summed E-state index contributed by atoms with van der Waals surface area (Å²) in [6.07, 6.45) is 1.47. The molecular formula is C31H29ClN6O5. The number of nitriles is 1. The van der Waals surface area contributed by atoms with Crippen molar-refractivity contribution in [1.82, 2.24) is 20.1 Å². The van der Waals surface area contributed by atoms with Gasteiger partial charge in [0.15, 0.2) is 0 Å². The van der Waals surface area contributed by atoms with Crippen molar-refractivity contribution in [3.63, 3.8) is 0 Å². The van der Waals surface area contributed by atoms with Gasteiger partial charge in [-0.2, -0.15) is 10.4 Å². The molecule has 3 heterocycles. The first-order chi connectivity index (χ1) is 20.8. The monoisotopic (exact) mass is 600 g/mol. The lowest BCUT2D eigenvalue weighted by atomic mass is 9.96. The number of carbonyl (C=O) groups excluding carboxylic acids is 1. The number of anilines is 1. The molecule has 1 saturated heterocycles. The number of nitrogens with one attached hydrogen (secondary N) is 2. The van der Waals surface area contributed by atoms with E-state index in [1.807, 2.05) is 18.2 Å². The minimum absolute atomic E-state index is 0.0887. The fourth-order valence-corrected chi connectivity index (χ4v) is 5.26. The summed E-state index contributed by atoms with van der Waals surface area (Å²) in [6.45, 7) is 1.33. The molecule has 1 aliphatic rings. The highest BCUT2D eigenvalue weighted by Crippen LogP contribution is 2.39. The third-order valence-electron chi connectivity index (χ3n) is 7.25. The molecule has 220 valence electrons. The lowest BCUT2D eigenvalue weighted by Gasteiger charge is -2.28. The van der Waals surface area contributed by atoms with Gasteiger partial charge in [0.1, 0.15) is 11.6 Å². The second-order valence-electron chi connectivity index (χ2n) is 9.92. The Bertz CT molecular complexity index is 1770. The summed E-state index contributed by atoms with van der Waals surface area (Å²) in [4.78, 5) is 30.0.